The Morgan fingerprint density at radius 3 is 2.76 bits per heavy atom. The van der Waals surface area contributed by atoms with Gasteiger partial charge in [0.15, 0.2) is 5.76 Å². The Morgan fingerprint density at radius 2 is 2.00 bits per heavy atom. The van der Waals surface area contributed by atoms with Crippen LogP contribution in [0.25, 0.3) is 6.08 Å². The van der Waals surface area contributed by atoms with Gasteiger partial charge < -0.3 is 9.47 Å². The minimum atomic E-state index is -0.499. The number of thiophene rings is 1. The molecule has 0 fully saturated rings. The molecular formula is C19H11NO4S. The van der Waals surface area contributed by atoms with Gasteiger partial charge in [0.05, 0.1) is 11.1 Å². The molecule has 0 spiro atoms. The Bertz CT molecular complexity index is 978. The van der Waals surface area contributed by atoms with E-state index in [4.69, 9.17) is 9.47 Å². The first-order chi connectivity index (χ1) is 12.2. The van der Waals surface area contributed by atoms with Crippen LogP contribution in [-0.2, 0) is 0 Å². The number of hydrogen-bond donors (Lipinski definition) is 0. The number of benzene rings is 1. The summed E-state index contributed by atoms with van der Waals surface area (Å²) in [6.45, 7) is 0. The van der Waals surface area contributed by atoms with E-state index in [1.54, 1.807) is 36.4 Å². The zero-order valence-electron chi connectivity index (χ0n) is 12.8. The maximum atomic E-state index is 12.4. The Balaban J connectivity index is 1.56. The fourth-order valence-electron chi connectivity index (χ4n) is 2.39. The second-order valence-corrected chi connectivity index (χ2v) is 6.22. The number of ether oxygens (including phenoxy) is 2. The molecule has 0 N–H and O–H groups in total. The van der Waals surface area contributed by atoms with Crippen molar-refractivity contribution in [1.82, 2.24) is 4.98 Å². The molecular weight excluding hydrogens is 338 g/mol. The summed E-state index contributed by atoms with van der Waals surface area (Å²) in [5, 5.41) is 1.93. The van der Waals surface area contributed by atoms with Crippen LogP contribution in [-0.4, -0.2) is 16.7 Å². The van der Waals surface area contributed by atoms with Crippen molar-refractivity contribution in [3.05, 3.63) is 82.0 Å². The van der Waals surface area contributed by atoms with Crippen LogP contribution in [0.15, 0.2) is 66.0 Å². The van der Waals surface area contributed by atoms with Gasteiger partial charge in [-0.2, -0.15) is 0 Å². The molecule has 2 aromatic heterocycles. The molecule has 4 rings (SSSR count). The first-order valence-electron chi connectivity index (χ1n) is 7.45. The van der Waals surface area contributed by atoms with Gasteiger partial charge in [0, 0.05) is 29.4 Å². The molecule has 122 valence electrons. The molecule has 0 radical (unpaired) electrons. The third-order valence-corrected chi connectivity index (χ3v) is 4.40. The smallest absolute Gasteiger partial charge is 0.343 e. The summed E-state index contributed by atoms with van der Waals surface area (Å²) in [6, 6.07) is 11.7. The van der Waals surface area contributed by atoms with E-state index in [-0.39, 0.29) is 11.5 Å². The second kappa shape index (κ2) is 6.33. The van der Waals surface area contributed by atoms with Crippen molar-refractivity contribution >= 4 is 29.2 Å². The first kappa shape index (κ1) is 15.3. The molecule has 3 heterocycles. The van der Waals surface area contributed by atoms with Gasteiger partial charge in [-0.05, 0) is 35.7 Å². The standard InChI is InChI=1S/C19H11NO4S/c21-18-15-4-3-13(23-19(22)12-5-7-20-8-6-12)10-16(15)24-17(18)11-14-2-1-9-25-14/h1-11H/b17-11-. The fourth-order valence-corrected chi connectivity index (χ4v) is 3.03. The minimum Gasteiger partial charge on any atom is -0.452 e. The number of carbonyl (C=O) groups excluding carboxylic acids is 2. The molecule has 0 bridgehead atoms. The van der Waals surface area contributed by atoms with E-state index in [0.717, 1.165) is 4.88 Å². The number of esters is 1. The van der Waals surface area contributed by atoms with Crippen molar-refractivity contribution in [3.8, 4) is 11.5 Å². The number of nitrogens with zero attached hydrogens (tertiary/aromatic N) is 1. The topological polar surface area (TPSA) is 65.5 Å². The van der Waals surface area contributed by atoms with Crippen LogP contribution in [0.5, 0.6) is 11.5 Å². The molecule has 3 aromatic rings. The number of fused-ring (bicyclic) bond motifs is 1. The van der Waals surface area contributed by atoms with Crippen molar-refractivity contribution in [2.24, 2.45) is 0 Å². The van der Waals surface area contributed by atoms with Gasteiger partial charge >= 0.3 is 5.97 Å². The van der Waals surface area contributed by atoms with Gasteiger partial charge in [-0.25, -0.2) is 4.79 Å². The molecule has 25 heavy (non-hydrogen) atoms. The maximum absolute atomic E-state index is 12.4. The van der Waals surface area contributed by atoms with E-state index in [0.29, 0.717) is 22.6 Å². The first-order valence-corrected chi connectivity index (χ1v) is 8.33. The van der Waals surface area contributed by atoms with Gasteiger partial charge in [-0.15, -0.1) is 11.3 Å². The summed E-state index contributed by atoms with van der Waals surface area (Å²) < 4.78 is 11.0. The van der Waals surface area contributed by atoms with E-state index in [1.165, 1.54) is 23.7 Å². The lowest BCUT2D eigenvalue weighted by atomic mass is 10.1. The third-order valence-electron chi connectivity index (χ3n) is 3.58. The second-order valence-electron chi connectivity index (χ2n) is 5.24. The van der Waals surface area contributed by atoms with Gasteiger partial charge in [0.25, 0.3) is 0 Å². The highest BCUT2D eigenvalue weighted by molar-refractivity contribution is 7.10. The Morgan fingerprint density at radius 1 is 1.16 bits per heavy atom. The maximum Gasteiger partial charge on any atom is 0.343 e. The SMILES string of the molecule is O=C(Oc1ccc2c(c1)O/C(=C\c1cccs1)C2=O)c1ccncc1. The van der Waals surface area contributed by atoms with Gasteiger partial charge in [0.2, 0.25) is 5.78 Å². The van der Waals surface area contributed by atoms with Crippen molar-refractivity contribution in [2.45, 2.75) is 0 Å². The summed E-state index contributed by atoms with van der Waals surface area (Å²) in [4.78, 5) is 29.3. The molecule has 0 amide bonds. The molecule has 0 saturated heterocycles. The largest absolute Gasteiger partial charge is 0.452 e. The summed E-state index contributed by atoms with van der Waals surface area (Å²) >= 11 is 1.52. The molecule has 5 nitrogen and oxygen atoms in total. The highest BCUT2D eigenvalue weighted by Crippen LogP contribution is 2.35. The zero-order chi connectivity index (χ0) is 17.2. The van der Waals surface area contributed by atoms with E-state index in [1.807, 2.05) is 17.5 Å². The number of Topliss-reactive ketones (excluding diaryl/α,β-unsaturated/α-hetero) is 1. The normalized spacial score (nSPS) is 14.2. The van der Waals surface area contributed by atoms with Crippen molar-refractivity contribution in [1.29, 1.82) is 0 Å². The molecule has 0 atom stereocenters. The van der Waals surface area contributed by atoms with Crippen LogP contribution in [0.1, 0.15) is 25.6 Å². The van der Waals surface area contributed by atoms with Crippen LogP contribution < -0.4 is 9.47 Å². The summed E-state index contributed by atoms with van der Waals surface area (Å²) in [7, 11) is 0. The van der Waals surface area contributed by atoms with E-state index in [2.05, 4.69) is 4.98 Å². The highest BCUT2D eigenvalue weighted by atomic mass is 32.1. The average molecular weight is 349 g/mol. The Hall–Kier alpha value is -3.25. The lowest BCUT2D eigenvalue weighted by Crippen LogP contribution is -2.08. The predicted molar refractivity (Wildman–Crippen MR) is 92.9 cm³/mol. The highest BCUT2D eigenvalue weighted by Gasteiger charge is 2.28. The van der Waals surface area contributed by atoms with E-state index in [9.17, 15) is 9.59 Å². The zero-order valence-corrected chi connectivity index (χ0v) is 13.7. The van der Waals surface area contributed by atoms with E-state index >= 15 is 0 Å². The monoisotopic (exact) mass is 349 g/mol. The van der Waals surface area contributed by atoms with Crippen LogP contribution in [0.3, 0.4) is 0 Å². The van der Waals surface area contributed by atoms with Gasteiger partial charge in [-0.1, -0.05) is 6.07 Å². The molecule has 0 unspecified atom stereocenters. The van der Waals surface area contributed by atoms with Crippen molar-refractivity contribution in [2.75, 3.05) is 0 Å². The van der Waals surface area contributed by atoms with E-state index < -0.39 is 5.97 Å². The fraction of sp³-hybridized carbons (Fsp3) is 0. The number of rotatable bonds is 3. The summed E-state index contributed by atoms with van der Waals surface area (Å²) in [6.07, 6.45) is 4.74. The van der Waals surface area contributed by atoms with Crippen LogP contribution in [0.2, 0.25) is 0 Å². The number of carbonyl (C=O) groups is 2. The molecule has 1 aromatic carbocycles. The van der Waals surface area contributed by atoms with Crippen LogP contribution >= 0.6 is 11.3 Å². The summed E-state index contributed by atoms with van der Waals surface area (Å²) in [5.41, 5.74) is 0.845. The number of aromatic nitrogens is 1. The Labute approximate surface area is 147 Å². The van der Waals surface area contributed by atoms with Crippen molar-refractivity contribution in [3.63, 3.8) is 0 Å². The molecule has 6 heteroatoms. The quantitative estimate of drug-likeness (QED) is 0.406. The lowest BCUT2D eigenvalue weighted by molar-refractivity contribution is 0.0734. The third kappa shape index (κ3) is 3.07. The number of allylic oxidation sites excluding steroid dienone is 1. The van der Waals surface area contributed by atoms with Gasteiger partial charge in [0.1, 0.15) is 11.5 Å². The minimum absolute atomic E-state index is 0.185. The number of hydrogen-bond acceptors (Lipinski definition) is 6. The predicted octanol–water partition coefficient (Wildman–Crippen LogP) is 3.98. The van der Waals surface area contributed by atoms with Gasteiger partial charge in [-0.3, -0.25) is 9.78 Å². The molecule has 0 saturated carbocycles. The Kier molecular flexibility index (Phi) is 3.87. The van der Waals surface area contributed by atoms with Crippen molar-refractivity contribution < 1.29 is 19.1 Å². The van der Waals surface area contributed by atoms with Crippen LogP contribution in [0, 0.1) is 0 Å². The molecule has 1 aliphatic rings. The number of ketones is 1. The number of pyridine rings is 1. The van der Waals surface area contributed by atoms with Crippen LogP contribution in [0.4, 0.5) is 0 Å². The average Bonchev–Trinajstić information content (AvgIpc) is 3.24. The molecule has 0 aliphatic carbocycles. The lowest BCUT2D eigenvalue weighted by Gasteiger charge is -2.05. The summed E-state index contributed by atoms with van der Waals surface area (Å²) in [5.74, 6) is 0.269. The molecule has 1 aliphatic heterocycles.